The minimum Gasteiger partial charge on any atom is -0.461 e. The van der Waals surface area contributed by atoms with Gasteiger partial charge in [-0.1, -0.05) is 66.7 Å². The lowest BCUT2D eigenvalue weighted by atomic mass is 9.92. The van der Waals surface area contributed by atoms with Crippen LogP contribution in [0.2, 0.25) is 0 Å². The van der Waals surface area contributed by atoms with Gasteiger partial charge in [-0.15, -0.1) is 0 Å². The Bertz CT molecular complexity index is 1900. The molecule has 3 aromatic carbocycles. The molecule has 1 aromatic heterocycles. The van der Waals surface area contributed by atoms with E-state index in [2.05, 4.69) is 58.0 Å². The summed E-state index contributed by atoms with van der Waals surface area (Å²) in [5, 5.41) is 2.43. The van der Waals surface area contributed by atoms with Crippen molar-refractivity contribution in [3.05, 3.63) is 106 Å². The van der Waals surface area contributed by atoms with Crippen LogP contribution in [-0.2, 0) is 29.1 Å². The van der Waals surface area contributed by atoms with Crippen molar-refractivity contribution in [1.29, 1.82) is 0 Å². The summed E-state index contributed by atoms with van der Waals surface area (Å²) in [7, 11) is 0. The number of anilines is 1. The number of aryl methyl sites for hydroxylation is 1. The largest absolute Gasteiger partial charge is 0.461 e. The van der Waals surface area contributed by atoms with Crippen molar-refractivity contribution < 1.29 is 19.0 Å². The van der Waals surface area contributed by atoms with Crippen molar-refractivity contribution in [3.8, 4) is 6.01 Å². The Kier molecular flexibility index (Phi) is 9.02. The molecule has 258 valence electrons. The number of piperazine rings is 1. The molecule has 5 heterocycles. The zero-order valence-corrected chi connectivity index (χ0v) is 28.7. The zero-order valence-electron chi connectivity index (χ0n) is 28.7. The minimum absolute atomic E-state index is 0.0675. The number of nitrogens with zero attached hydrogens (tertiary/aromatic N) is 6. The average molecular weight is 673 g/mol. The Morgan fingerprint density at radius 1 is 1.00 bits per heavy atom. The van der Waals surface area contributed by atoms with E-state index in [1.165, 1.54) is 34.7 Å². The van der Waals surface area contributed by atoms with E-state index in [0.717, 1.165) is 48.6 Å². The fourth-order valence-corrected chi connectivity index (χ4v) is 8.60. The van der Waals surface area contributed by atoms with Gasteiger partial charge in [0.25, 0.3) is 0 Å². The monoisotopic (exact) mass is 672 g/mol. The van der Waals surface area contributed by atoms with Crippen molar-refractivity contribution in [3.63, 3.8) is 0 Å². The molecule has 0 radical (unpaired) electrons. The Balaban J connectivity index is 1.08. The lowest BCUT2D eigenvalue weighted by Gasteiger charge is -2.40. The third-order valence-electron chi connectivity index (χ3n) is 11.2. The number of fused-ring (bicyclic) bond motifs is 3. The summed E-state index contributed by atoms with van der Waals surface area (Å²) in [4.78, 5) is 33.6. The number of hydrogen-bond acceptors (Lipinski definition) is 8. The summed E-state index contributed by atoms with van der Waals surface area (Å²) >= 11 is 0. The van der Waals surface area contributed by atoms with Crippen molar-refractivity contribution in [2.75, 3.05) is 50.8 Å². The maximum Gasteiger partial charge on any atom is 0.410 e. The molecule has 8 rings (SSSR count). The molecule has 4 aromatic rings. The van der Waals surface area contributed by atoms with Gasteiger partial charge in [0.15, 0.2) is 0 Å². The minimum atomic E-state index is -0.399. The second kappa shape index (κ2) is 13.9. The molecule has 4 aliphatic heterocycles. The van der Waals surface area contributed by atoms with Crippen LogP contribution in [0.4, 0.5) is 10.6 Å². The standard InChI is InChI=1S/C40H44N6O4/c1-28-10-6-13-30-14-7-15-32(36(28)30)35-22-34-33(26-48-35)37(43-38(42-34)50-27-40-16-8-18-45(40)19-9-17-40)44-20-21-46(31(24-44)23-41-2)39(47)49-25-29-11-4-3-5-12-29/h3-7,10-15,31,35H,8-9,16-27H2,1H3/t31-,35?/m0/s1. The number of benzene rings is 3. The smallest absolute Gasteiger partial charge is 0.410 e. The van der Waals surface area contributed by atoms with Crippen molar-refractivity contribution >= 4 is 22.7 Å². The van der Waals surface area contributed by atoms with Crippen LogP contribution in [0.1, 0.15) is 59.7 Å². The normalized spacial score (nSPS) is 21.4. The Morgan fingerprint density at radius 2 is 1.80 bits per heavy atom. The van der Waals surface area contributed by atoms with Gasteiger partial charge >= 0.3 is 12.1 Å². The topological polar surface area (TPSA) is 84.6 Å². The summed E-state index contributed by atoms with van der Waals surface area (Å²) in [6.45, 7) is 14.8. The van der Waals surface area contributed by atoms with Crippen LogP contribution in [0, 0.1) is 13.5 Å². The molecule has 10 heteroatoms. The second-order valence-corrected chi connectivity index (χ2v) is 14.2. The molecule has 0 bridgehead atoms. The number of aromatic nitrogens is 2. The van der Waals surface area contributed by atoms with Crippen molar-refractivity contribution in [2.45, 2.75) is 69.9 Å². The Morgan fingerprint density at radius 3 is 2.60 bits per heavy atom. The molecule has 0 spiro atoms. The number of carbonyl (C=O) groups excluding carboxylic acids is 1. The van der Waals surface area contributed by atoms with Gasteiger partial charge in [-0.25, -0.2) is 11.4 Å². The van der Waals surface area contributed by atoms with Gasteiger partial charge in [0.2, 0.25) is 6.54 Å². The highest BCUT2D eigenvalue weighted by Crippen LogP contribution is 2.41. The molecular weight excluding hydrogens is 628 g/mol. The Labute approximate surface area is 293 Å². The molecule has 4 aliphatic rings. The van der Waals surface area contributed by atoms with Crippen LogP contribution >= 0.6 is 0 Å². The van der Waals surface area contributed by atoms with E-state index in [4.69, 9.17) is 30.8 Å². The molecule has 0 aliphatic carbocycles. The molecule has 3 fully saturated rings. The van der Waals surface area contributed by atoms with E-state index >= 15 is 0 Å². The van der Waals surface area contributed by atoms with E-state index in [0.29, 0.717) is 45.3 Å². The molecule has 50 heavy (non-hydrogen) atoms. The van der Waals surface area contributed by atoms with Crippen LogP contribution in [0.3, 0.4) is 0 Å². The van der Waals surface area contributed by atoms with Gasteiger partial charge in [-0.2, -0.15) is 9.97 Å². The molecule has 3 saturated heterocycles. The van der Waals surface area contributed by atoms with Gasteiger partial charge in [0.1, 0.15) is 25.1 Å². The number of hydrogen-bond donors (Lipinski definition) is 0. The molecule has 1 unspecified atom stereocenters. The van der Waals surface area contributed by atoms with E-state index in [1.54, 1.807) is 4.90 Å². The molecule has 0 N–H and O–H groups in total. The number of carbonyl (C=O) groups is 1. The van der Waals surface area contributed by atoms with Gasteiger partial charge in [0.05, 0.1) is 23.9 Å². The quantitative estimate of drug-likeness (QED) is 0.196. The fourth-order valence-electron chi connectivity index (χ4n) is 8.60. The fraction of sp³-hybridized carbons (Fsp3) is 0.450. The Hall–Kier alpha value is -4.72. The first-order valence-corrected chi connectivity index (χ1v) is 17.9. The van der Waals surface area contributed by atoms with Crippen LogP contribution in [0.25, 0.3) is 15.6 Å². The molecule has 1 amide bonds. The van der Waals surface area contributed by atoms with Crippen LogP contribution in [0.5, 0.6) is 6.01 Å². The third-order valence-corrected chi connectivity index (χ3v) is 11.2. The summed E-state index contributed by atoms with van der Waals surface area (Å²) in [5.41, 5.74) is 5.27. The molecule has 2 atom stereocenters. The predicted octanol–water partition coefficient (Wildman–Crippen LogP) is 6.51. The summed E-state index contributed by atoms with van der Waals surface area (Å²) in [6.07, 6.45) is 4.72. The molecular formula is C40H44N6O4. The highest BCUT2D eigenvalue weighted by Gasteiger charge is 2.45. The molecule has 10 nitrogen and oxygen atoms in total. The number of rotatable bonds is 8. The summed E-state index contributed by atoms with van der Waals surface area (Å²) < 4.78 is 18.9. The maximum absolute atomic E-state index is 13.3. The SMILES string of the molecule is [C-]#[N+]C[C@H]1CN(c2nc(OCC34CCCN3CCC4)nc3c2COC(c2cccc4cccc(C)c24)C3)CCN1C(=O)OCc1ccccc1. The van der Waals surface area contributed by atoms with Crippen LogP contribution in [-0.4, -0.2) is 83.3 Å². The summed E-state index contributed by atoms with van der Waals surface area (Å²) in [6, 6.07) is 22.5. The zero-order chi connectivity index (χ0) is 34.1. The van der Waals surface area contributed by atoms with Crippen molar-refractivity contribution in [1.82, 2.24) is 19.8 Å². The first-order valence-electron chi connectivity index (χ1n) is 17.9. The number of ether oxygens (including phenoxy) is 3. The summed E-state index contributed by atoms with van der Waals surface area (Å²) in [5.74, 6) is 0.775. The third kappa shape index (κ3) is 6.25. The van der Waals surface area contributed by atoms with Gasteiger partial charge in [-0.3, -0.25) is 9.80 Å². The predicted molar refractivity (Wildman–Crippen MR) is 191 cm³/mol. The van der Waals surface area contributed by atoms with Crippen LogP contribution in [0.15, 0.2) is 66.7 Å². The lowest BCUT2D eigenvalue weighted by Crippen LogP contribution is -2.57. The first kappa shape index (κ1) is 32.5. The lowest BCUT2D eigenvalue weighted by molar-refractivity contribution is 0.0261. The van der Waals surface area contributed by atoms with Crippen LogP contribution < -0.4 is 9.64 Å². The highest BCUT2D eigenvalue weighted by atomic mass is 16.6. The second-order valence-electron chi connectivity index (χ2n) is 14.2. The van der Waals surface area contributed by atoms with E-state index in [-0.39, 0.29) is 30.8 Å². The number of amides is 1. The van der Waals surface area contributed by atoms with E-state index in [9.17, 15) is 4.79 Å². The maximum atomic E-state index is 13.3. The molecule has 0 saturated carbocycles. The van der Waals surface area contributed by atoms with Gasteiger partial charge < -0.3 is 24.0 Å². The van der Waals surface area contributed by atoms with E-state index in [1.807, 2.05) is 30.3 Å². The van der Waals surface area contributed by atoms with Gasteiger partial charge in [-0.05, 0) is 73.2 Å². The van der Waals surface area contributed by atoms with E-state index < -0.39 is 6.09 Å². The van der Waals surface area contributed by atoms with Crippen molar-refractivity contribution in [2.24, 2.45) is 0 Å². The average Bonchev–Trinajstić information content (AvgIpc) is 3.74. The van der Waals surface area contributed by atoms with Gasteiger partial charge in [0, 0.05) is 31.6 Å². The highest BCUT2D eigenvalue weighted by molar-refractivity contribution is 5.89. The first-order chi connectivity index (χ1) is 24.5.